The smallest absolute Gasteiger partial charge is 0.158 e. The molecule has 1 unspecified atom stereocenters. The van der Waals surface area contributed by atoms with Crippen LogP contribution >= 0.6 is 0 Å². The fourth-order valence-corrected chi connectivity index (χ4v) is 1.48. The van der Waals surface area contributed by atoms with Gasteiger partial charge in [0.25, 0.3) is 0 Å². The molecule has 0 saturated heterocycles. The first-order valence-electron chi connectivity index (χ1n) is 4.37. The zero-order chi connectivity index (χ0) is 10.8. The monoisotopic (exact) mass is 213 g/mol. The van der Waals surface area contributed by atoms with Crippen LogP contribution in [-0.2, 0) is 17.5 Å². The van der Waals surface area contributed by atoms with E-state index < -0.39 is 15.8 Å². The van der Waals surface area contributed by atoms with Crippen LogP contribution in [0.4, 0.5) is 5.69 Å². The highest BCUT2D eigenvalue weighted by molar-refractivity contribution is 7.80. The molecule has 0 aliphatic heterocycles. The lowest BCUT2D eigenvalue weighted by atomic mass is 10.0. The Morgan fingerprint density at radius 1 is 1.36 bits per heavy atom. The van der Waals surface area contributed by atoms with Crippen molar-refractivity contribution in [3.63, 3.8) is 0 Å². The highest BCUT2D eigenvalue weighted by atomic mass is 32.2. The van der Waals surface area contributed by atoms with E-state index in [9.17, 15) is 4.21 Å². The quantitative estimate of drug-likeness (QED) is 0.594. The average Bonchev–Trinajstić information content (AvgIpc) is 2.08. The Kier molecular flexibility index (Phi) is 3.29. The van der Waals surface area contributed by atoms with E-state index in [0.717, 1.165) is 5.56 Å². The van der Waals surface area contributed by atoms with Crippen molar-refractivity contribution in [1.29, 1.82) is 0 Å². The molecule has 0 aliphatic carbocycles. The van der Waals surface area contributed by atoms with Gasteiger partial charge in [-0.2, -0.15) is 0 Å². The van der Waals surface area contributed by atoms with Gasteiger partial charge in [-0.05, 0) is 38.0 Å². The molecule has 0 amide bonds. The van der Waals surface area contributed by atoms with Crippen LogP contribution in [-0.4, -0.2) is 13.5 Å². The van der Waals surface area contributed by atoms with Gasteiger partial charge in [-0.1, -0.05) is 12.1 Å². The van der Waals surface area contributed by atoms with Gasteiger partial charge in [-0.3, -0.25) is 0 Å². The van der Waals surface area contributed by atoms with Crippen molar-refractivity contribution < 1.29 is 8.76 Å². The lowest BCUT2D eigenvalue weighted by Gasteiger charge is -2.19. The van der Waals surface area contributed by atoms with Crippen molar-refractivity contribution in [2.24, 2.45) is 0 Å². The Balaban J connectivity index is 2.79. The number of rotatable bonds is 3. The standard InChI is InChI=1S/C10H15NO2S/c1-10(2,14(12)13)7-8-3-5-9(11)6-4-8/h3-6H,7,11H2,1-2H3,(H,12,13). The van der Waals surface area contributed by atoms with Crippen LogP contribution in [0.3, 0.4) is 0 Å². The van der Waals surface area contributed by atoms with Crippen molar-refractivity contribution in [3.8, 4) is 0 Å². The molecule has 1 atom stereocenters. The lowest BCUT2D eigenvalue weighted by Crippen LogP contribution is -2.28. The Labute approximate surface area is 86.6 Å². The highest BCUT2D eigenvalue weighted by Crippen LogP contribution is 2.19. The summed E-state index contributed by atoms with van der Waals surface area (Å²) in [5.41, 5.74) is 7.27. The molecular weight excluding hydrogens is 198 g/mol. The number of benzene rings is 1. The van der Waals surface area contributed by atoms with Gasteiger partial charge in [0.15, 0.2) is 11.1 Å². The van der Waals surface area contributed by atoms with E-state index in [0.29, 0.717) is 12.1 Å². The van der Waals surface area contributed by atoms with Crippen LogP contribution < -0.4 is 5.73 Å². The molecule has 0 aliphatic rings. The van der Waals surface area contributed by atoms with E-state index in [1.807, 2.05) is 12.1 Å². The maximum atomic E-state index is 11.0. The first-order valence-corrected chi connectivity index (χ1v) is 5.48. The van der Waals surface area contributed by atoms with Crippen molar-refractivity contribution in [2.75, 3.05) is 5.73 Å². The molecule has 0 aromatic heterocycles. The molecule has 78 valence electrons. The Bertz CT molecular complexity index is 332. The Morgan fingerprint density at radius 3 is 2.29 bits per heavy atom. The van der Waals surface area contributed by atoms with E-state index in [1.54, 1.807) is 26.0 Å². The number of nitrogens with two attached hydrogens (primary N) is 1. The summed E-state index contributed by atoms with van der Waals surface area (Å²) >= 11 is -1.81. The molecule has 3 nitrogen and oxygen atoms in total. The summed E-state index contributed by atoms with van der Waals surface area (Å²) < 4.78 is 19.4. The molecule has 1 rings (SSSR count). The van der Waals surface area contributed by atoms with Crippen molar-refractivity contribution in [2.45, 2.75) is 25.0 Å². The van der Waals surface area contributed by atoms with Gasteiger partial charge in [-0.25, -0.2) is 4.21 Å². The molecule has 0 spiro atoms. The minimum atomic E-state index is -1.81. The third-order valence-electron chi connectivity index (χ3n) is 2.08. The van der Waals surface area contributed by atoms with Crippen LogP contribution in [0, 0.1) is 0 Å². The van der Waals surface area contributed by atoms with Gasteiger partial charge in [0, 0.05) is 5.69 Å². The molecule has 0 fully saturated rings. The zero-order valence-electron chi connectivity index (χ0n) is 8.36. The van der Waals surface area contributed by atoms with Gasteiger partial charge in [0.1, 0.15) is 0 Å². The molecule has 3 N–H and O–H groups in total. The number of nitrogen functional groups attached to an aromatic ring is 1. The first-order chi connectivity index (χ1) is 6.42. The van der Waals surface area contributed by atoms with Gasteiger partial charge in [0.05, 0.1) is 4.75 Å². The summed E-state index contributed by atoms with van der Waals surface area (Å²) in [6, 6.07) is 7.35. The van der Waals surface area contributed by atoms with Gasteiger partial charge in [0.2, 0.25) is 0 Å². The summed E-state index contributed by atoms with van der Waals surface area (Å²) in [5, 5.41) is 0. The van der Waals surface area contributed by atoms with E-state index >= 15 is 0 Å². The second-order valence-corrected chi connectivity index (χ2v) is 5.53. The van der Waals surface area contributed by atoms with Crippen LogP contribution in [0.2, 0.25) is 0 Å². The van der Waals surface area contributed by atoms with Crippen molar-refractivity contribution in [3.05, 3.63) is 29.8 Å². The molecule has 1 aromatic carbocycles. The van der Waals surface area contributed by atoms with Crippen molar-refractivity contribution in [1.82, 2.24) is 0 Å². The summed E-state index contributed by atoms with van der Waals surface area (Å²) in [6.45, 7) is 3.53. The summed E-state index contributed by atoms with van der Waals surface area (Å²) in [4.78, 5) is 0. The summed E-state index contributed by atoms with van der Waals surface area (Å²) in [6.07, 6.45) is 0.566. The molecule has 1 aromatic rings. The molecule has 0 bridgehead atoms. The minimum Gasteiger partial charge on any atom is -0.399 e. The van der Waals surface area contributed by atoms with E-state index in [1.165, 1.54) is 0 Å². The molecule has 0 saturated carbocycles. The maximum Gasteiger partial charge on any atom is 0.158 e. The number of hydrogen-bond acceptors (Lipinski definition) is 2. The van der Waals surface area contributed by atoms with Crippen LogP contribution in [0.1, 0.15) is 19.4 Å². The van der Waals surface area contributed by atoms with E-state index in [4.69, 9.17) is 10.3 Å². The maximum absolute atomic E-state index is 11.0. The largest absolute Gasteiger partial charge is 0.399 e. The fraction of sp³-hybridized carbons (Fsp3) is 0.400. The Hall–Kier alpha value is -0.870. The first kappa shape index (κ1) is 11.2. The third kappa shape index (κ3) is 2.82. The SMILES string of the molecule is CC(C)(Cc1ccc(N)cc1)S(=O)O. The van der Waals surface area contributed by atoms with Crippen LogP contribution in [0.25, 0.3) is 0 Å². The van der Waals surface area contributed by atoms with Crippen LogP contribution in [0.5, 0.6) is 0 Å². The van der Waals surface area contributed by atoms with E-state index in [-0.39, 0.29) is 0 Å². The summed E-state index contributed by atoms with van der Waals surface area (Å²) in [5.74, 6) is 0. The lowest BCUT2D eigenvalue weighted by molar-refractivity contribution is 0.514. The van der Waals surface area contributed by atoms with Crippen molar-refractivity contribution >= 4 is 16.8 Å². The molecule has 0 heterocycles. The van der Waals surface area contributed by atoms with Gasteiger partial charge >= 0.3 is 0 Å². The second-order valence-electron chi connectivity index (χ2n) is 3.93. The predicted molar refractivity (Wildman–Crippen MR) is 59.4 cm³/mol. The summed E-state index contributed by atoms with van der Waals surface area (Å²) in [7, 11) is 0. The van der Waals surface area contributed by atoms with Crippen LogP contribution in [0.15, 0.2) is 24.3 Å². The van der Waals surface area contributed by atoms with Gasteiger partial charge in [-0.15, -0.1) is 0 Å². The normalized spacial score (nSPS) is 13.9. The minimum absolute atomic E-state index is 0.566. The highest BCUT2D eigenvalue weighted by Gasteiger charge is 2.24. The topological polar surface area (TPSA) is 63.3 Å². The molecule has 0 radical (unpaired) electrons. The Morgan fingerprint density at radius 2 is 1.86 bits per heavy atom. The zero-order valence-corrected chi connectivity index (χ0v) is 9.17. The molecular formula is C10H15NO2S. The third-order valence-corrected chi connectivity index (χ3v) is 3.17. The average molecular weight is 213 g/mol. The number of hydrogen-bond donors (Lipinski definition) is 2. The fourth-order valence-electron chi connectivity index (χ4n) is 1.19. The molecule has 4 heteroatoms. The predicted octanol–water partition coefficient (Wildman–Crippen LogP) is 1.81. The van der Waals surface area contributed by atoms with Gasteiger partial charge < -0.3 is 10.3 Å². The number of anilines is 1. The van der Waals surface area contributed by atoms with E-state index in [2.05, 4.69) is 0 Å². The second kappa shape index (κ2) is 4.11. The molecule has 14 heavy (non-hydrogen) atoms.